The second-order valence-electron chi connectivity index (χ2n) is 5.88. The van der Waals surface area contributed by atoms with Crippen molar-refractivity contribution in [2.24, 2.45) is 11.7 Å². The Morgan fingerprint density at radius 1 is 0.667 bits per heavy atom. The van der Waals surface area contributed by atoms with Crippen molar-refractivity contribution in [3.05, 3.63) is 71.8 Å². The van der Waals surface area contributed by atoms with Crippen molar-refractivity contribution in [1.82, 2.24) is 0 Å². The number of benzene rings is 2. The van der Waals surface area contributed by atoms with Crippen LogP contribution in [0.1, 0.15) is 36.8 Å². The molecule has 0 spiro atoms. The Hall–Kier alpha value is -1.60. The van der Waals surface area contributed by atoms with Crippen LogP contribution in [-0.4, -0.2) is 6.54 Å². The van der Waals surface area contributed by atoms with E-state index in [0.717, 1.165) is 18.9 Å². The number of rotatable bonds is 9. The first-order valence-electron chi connectivity index (χ1n) is 8.16. The van der Waals surface area contributed by atoms with E-state index in [1.165, 1.54) is 43.2 Å². The molecule has 2 rings (SSSR count). The van der Waals surface area contributed by atoms with E-state index in [2.05, 4.69) is 60.7 Å². The maximum absolute atomic E-state index is 5.59. The molecule has 0 aliphatic rings. The molecule has 0 amide bonds. The minimum atomic E-state index is 0.729. The van der Waals surface area contributed by atoms with E-state index < -0.39 is 0 Å². The average molecular weight is 281 g/mol. The van der Waals surface area contributed by atoms with Crippen LogP contribution in [0.2, 0.25) is 0 Å². The highest BCUT2D eigenvalue weighted by Crippen LogP contribution is 2.20. The van der Waals surface area contributed by atoms with Crippen molar-refractivity contribution in [1.29, 1.82) is 0 Å². The Kier molecular flexibility index (Phi) is 7.03. The molecule has 1 nitrogen and oxygen atoms in total. The zero-order valence-electron chi connectivity index (χ0n) is 12.9. The van der Waals surface area contributed by atoms with Gasteiger partial charge in [0.1, 0.15) is 0 Å². The first-order valence-corrected chi connectivity index (χ1v) is 8.16. The lowest BCUT2D eigenvalue weighted by Crippen LogP contribution is -2.09. The number of nitrogens with two attached hydrogens (primary N) is 1. The molecule has 0 unspecified atom stereocenters. The van der Waals surface area contributed by atoms with Gasteiger partial charge in [0.15, 0.2) is 0 Å². The minimum absolute atomic E-state index is 0.729. The van der Waals surface area contributed by atoms with Crippen LogP contribution in [0.5, 0.6) is 0 Å². The van der Waals surface area contributed by atoms with Crippen LogP contribution in [0.25, 0.3) is 0 Å². The van der Waals surface area contributed by atoms with Crippen LogP contribution in [-0.2, 0) is 12.8 Å². The highest BCUT2D eigenvalue weighted by molar-refractivity contribution is 5.18. The number of unbranched alkanes of at least 4 members (excludes halogenated alkanes) is 2. The molecule has 2 aromatic carbocycles. The Balaban J connectivity index is 1.93. The lowest BCUT2D eigenvalue weighted by molar-refractivity contribution is 0.451. The molecule has 0 saturated carbocycles. The summed E-state index contributed by atoms with van der Waals surface area (Å²) in [5.41, 5.74) is 8.50. The van der Waals surface area contributed by atoms with Gasteiger partial charge in [-0.15, -0.1) is 0 Å². The summed E-state index contributed by atoms with van der Waals surface area (Å²) in [6.45, 7) is 0.821. The van der Waals surface area contributed by atoms with Crippen LogP contribution in [0.15, 0.2) is 60.7 Å². The van der Waals surface area contributed by atoms with Crippen LogP contribution < -0.4 is 5.73 Å². The molecule has 0 bridgehead atoms. The van der Waals surface area contributed by atoms with E-state index in [1.54, 1.807) is 0 Å². The average Bonchev–Trinajstić information content (AvgIpc) is 2.53. The van der Waals surface area contributed by atoms with E-state index in [-0.39, 0.29) is 0 Å². The topological polar surface area (TPSA) is 26.0 Å². The van der Waals surface area contributed by atoms with Crippen molar-refractivity contribution < 1.29 is 0 Å². The summed E-state index contributed by atoms with van der Waals surface area (Å²) < 4.78 is 0. The lowest BCUT2D eigenvalue weighted by Gasteiger charge is -2.17. The quantitative estimate of drug-likeness (QED) is 0.667. The van der Waals surface area contributed by atoms with Gasteiger partial charge < -0.3 is 5.73 Å². The Morgan fingerprint density at radius 2 is 1.19 bits per heavy atom. The van der Waals surface area contributed by atoms with Crippen molar-refractivity contribution in [2.75, 3.05) is 6.54 Å². The van der Waals surface area contributed by atoms with Crippen molar-refractivity contribution in [2.45, 2.75) is 38.5 Å². The smallest absolute Gasteiger partial charge is 0.00773 e. The number of hydrogen-bond donors (Lipinski definition) is 1. The van der Waals surface area contributed by atoms with Gasteiger partial charge in [0.25, 0.3) is 0 Å². The normalized spacial score (nSPS) is 11.0. The van der Waals surface area contributed by atoms with Crippen molar-refractivity contribution in [3.8, 4) is 0 Å². The van der Waals surface area contributed by atoms with Crippen molar-refractivity contribution >= 4 is 0 Å². The summed E-state index contributed by atoms with van der Waals surface area (Å²) in [5, 5.41) is 0. The van der Waals surface area contributed by atoms with Gasteiger partial charge in [0.05, 0.1) is 0 Å². The zero-order chi connectivity index (χ0) is 14.8. The summed E-state index contributed by atoms with van der Waals surface area (Å²) in [4.78, 5) is 0. The maximum Gasteiger partial charge on any atom is -0.00773 e. The highest BCUT2D eigenvalue weighted by Gasteiger charge is 2.10. The molecule has 0 aliphatic heterocycles. The SMILES string of the molecule is NCCCCCC(Cc1ccccc1)Cc1ccccc1. The predicted molar refractivity (Wildman–Crippen MR) is 91.3 cm³/mol. The Labute approximate surface area is 129 Å². The fourth-order valence-electron chi connectivity index (χ4n) is 2.93. The summed E-state index contributed by atoms with van der Waals surface area (Å²) >= 11 is 0. The molecule has 0 aliphatic carbocycles. The standard InChI is InChI=1S/C20H27N/c21-15-9-3-8-14-20(16-18-10-4-1-5-11-18)17-19-12-6-2-7-13-19/h1-2,4-7,10-13,20H,3,8-9,14-17,21H2. The van der Waals surface area contributed by atoms with E-state index in [4.69, 9.17) is 5.73 Å². The summed E-state index contributed by atoms with van der Waals surface area (Å²) in [7, 11) is 0. The first-order chi connectivity index (χ1) is 10.4. The van der Waals surface area contributed by atoms with Crippen LogP contribution in [0, 0.1) is 5.92 Å². The van der Waals surface area contributed by atoms with Crippen LogP contribution >= 0.6 is 0 Å². The van der Waals surface area contributed by atoms with Gasteiger partial charge >= 0.3 is 0 Å². The third-order valence-corrected chi connectivity index (χ3v) is 4.05. The molecule has 0 atom stereocenters. The third kappa shape index (κ3) is 6.14. The molecule has 0 saturated heterocycles. The molecule has 2 N–H and O–H groups in total. The van der Waals surface area contributed by atoms with Gasteiger partial charge in [-0.3, -0.25) is 0 Å². The molecule has 0 aromatic heterocycles. The van der Waals surface area contributed by atoms with Crippen LogP contribution in [0.4, 0.5) is 0 Å². The Bertz CT molecular complexity index is 436. The first kappa shape index (κ1) is 15.8. The summed E-state index contributed by atoms with van der Waals surface area (Å²) in [6, 6.07) is 21.7. The van der Waals surface area contributed by atoms with Gasteiger partial charge in [-0.25, -0.2) is 0 Å². The highest BCUT2D eigenvalue weighted by atomic mass is 14.5. The molecule has 21 heavy (non-hydrogen) atoms. The summed E-state index contributed by atoms with van der Waals surface area (Å²) in [5.74, 6) is 0.729. The molecule has 2 aromatic rings. The van der Waals surface area contributed by atoms with Gasteiger partial charge in [-0.1, -0.05) is 73.5 Å². The molecular weight excluding hydrogens is 254 g/mol. The largest absolute Gasteiger partial charge is 0.330 e. The molecule has 1 heteroatoms. The molecule has 0 heterocycles. The second-order valence-corrected chi connectivity index (χ2v) is 5.88. The fourth-order valence-corrected chi connectivity index (χ4v) is 2.93. The van der Waals surface area contributed by atoms with E-state index in [9.17, 15) is 0 Å². The second kappa shape index (κ2) is 9.36. The minimum Gasteiger partial charge on any atom is -0.330 e. The molecule has 0 fully saturated rings. The predicted octanol–water partition coefficient (Wildman–Crippen LogP) is 4.61. The van der Waals surface area contributed by atoms with Gasteiger partial charge in [-0.2, -0.15) is 0 Å². The molecule has 112 valence electrons. The van der Waals surface area contributed by atoms with E-state index in [0.29, 0.717) is 0 Å². The third-order valence-electron chi connectivity index (χ3n) is 4.05. The van der Waals surface area contributed by atoms with E-state index >= 15 is 0 Å². The Morgan fingerprint density at radius 3 is 1.67 bits per heavy atom. The van der Waals surface area contributed by atoms with Crippen LogP contribution in [0.3, 0.4) is 0 Å². The molecular formula is C20H27N. The van der Waals surface area contributed by atoms with Gasteiger partial charge in [0.2, 0.25) is 0 Å². The lowest BCUT2D eigenvalue weighted by atomic mass is 9.88. The van der Waals surface area contributed by atoms with Gasteiger partial charge in [-0.05, 0) is 49.3 Å². The van der Waals surface area contributed by atoms with Gasteiger partial charge in [0, 0.05) is 0 Å². The number of hydrogen-bond acceptors (Lipinski definition) is 1. The fraction of sp³-hybridized carbons (Fsp3) is 0.400. The van der Waals surface area contributed by atoms with Crippen molar-refractivity contribution in [3.63, 3.8) is 0 Å². The summed E-state index contributed by atoms with van der Waals surface area (Å²) in [6.07, 6.45) is 7.36. The monoisotopic (exact) mass is 281 g/mol. The van der Waals surface area contributed by atoms with E-state index in [1.807, 2.05) is 0 Å². The maximum atomic E-state index is 5.59. The zero-order valence-corrected chi connectivity index (χ0v) is 12.9. The molecule has 0 radical (unpaired) electrons.